The third-order valence-corrected chi connectivity index (χ3v) is 5.29. The van der Waals surface area contributed by atoms with Crippen molar-refractivity contribution >= 4 is 35.3 Å². The van der Waals surface area contributed by atoms with E-state index in [1.54, 1.807) is 24.2 Å². The first-order chi connectivity index (χ1) is 13.5. The lowest BCUT2D eigenvalue weighted by Crippen LogP contribution is -2.16. The highest BCUT2D eigenvalue weighted by Gasteiger charge is 2.15. The number of carbonyl (C=O) groups is 2. The molecule has 9 heteroatoms. The molecule has 0 radical (unpaired) electrons. The Kier molecular flexibility index (Phi) is 9.19. The second kappa shape index (κ2) is 11.6. The van der Waals surface area contributed by atoms with Gasteiger partial charge >= 0.3 is 11.9 Å². The quantitative estimate of drug-likeness (QED) is 0.480. The summed E-state index contributed by atoms with van der Waals surface area (Å²) in [4.78, 5) is 27.8. The van der Waals surface area contributed by atoms with Gasteiger partial charge in [0.05, 0.1) is 12.8 Å². The van der Waals surface area contributed by atoms with Crippen LogP contribution in [0.25, 0.3) is 0 Å². The maximum atomic E-state index is 9.64. The number of carboxylic acids is 2. The van der Waals surface area contributed by atoms with Gasteiger partial charge in [0, 0.05) is 23.2 Å². The Morgan fingerprint density at radius 3 is 2.36 bits per heavy atom. The number of thioether (sulfide) groups is 1. The molecule has 2 aromatic rings. The van der Waals surface area contributed by atoms with Crippen LogP contribution in [0.1, 0.15) is 29.5 Å². The lowest BCUT2D eigenvalue weighted by Gasteiger charge is -2.13. The lowest BCUT2D eigenvalue weighted by atomic mass is 9.98. The third-order valence-electron chi connectivity index (χ3n) is 4.03. The smallest absolute Gasteiger partial charge is 0.303 e. The highest BCUT2D eigenvalue weighted by molar-refractivity contribution is 7.98. The van der Waals surface area contributed by atoms with E-state index in [0.717, 1.165) is 41.9 Å². The average molecular weight is 424 g/mol. The first-order valence-corrected chi connectivity index (χ1v) is 10.2. The molecular weight excluding hydrogens is 402 g/mol. The van der Waals surface area contributed by atoms with Crippen LogP contribution in [0.4, 0.5) is 0 Å². The topological polar surface area (TPSA) is 112 Å². The monoisotopic (exact) mass is 423 g/mol. The normalized spacial score (nSPS) is 12.9. The molecule has 1 aliphatic rings. The molecule has 0 spiro atoms. The Bertz CT molecular complexity index is 791. The molecule has 0 amide bonds. The van der Waals surface area contributed by atoms with Crippen molar-refractivity contribution in [2.24, 2.45) is 0 Å². The van der Waals surface area contributed by atoms with Crippen LogP contribution in [0.15, 0.2) is 35.7 Å². The molecule has 0 atom stereocenters. The van der Waals surface area contributed by atoms with Gasteiger partial charge in [-0.25, -0.2) is 9.97 Å². The van der Waals surface area contributed by atoms with Crippen LogP contribution >= 0.6 is 23.4 Å². The molecule has 3 N–H and O–H groups in total. The summed E-state index contributed by atoms with van der Waals surface area (Å²) in [6, 6.07) is 6.02. The number of nitrogens with zero attached hydrogens (tertiary/aromatic N) is 2. The van der Waals surface area contributed by atoms with Crippen molar-refractivity contribution in [1.29, 1.82) is 0 Å². The van der Waals surface area contributed by atoms with Crippen LogP contribution in [0.2, 0.25) is 5.02 Å². The number of nitrogens with one attached hydrogen (secondary N) is 1. The fourth-order valence-electron chi connectivity index (χ4n) is 2.69. The fraction of sp³-hybridized carbons (Fsp3) is 0.368. The molecular formula is C19H22ClN3O4S. The number of aromatic nitrogens is 2. The zero-order chi connectivity index (χ0) is 20.4. The van der Waals surface area contributed by atoms with Crippen molar-refractivity contribution in [1.82, 2.24) is 15.3 Å². The predicted octanol–water partition coefficient (Wildman–Crippen LogP) is 3.05. The van der Waals surface area contributed by atoms with Gasteiger partial charge in [-0.15, -0.1) is 0 Å². The molecule has 0 bridgehead atoms. The first-order valence-electron chi connectivity index (χ1n) is 8.80. The van der Waals surface area contributed by atoms with E-state index in [1.165, 1.54) is 16.7 Å². The van der Waals surface area contributed by atoms with Crippen molar-refractivity contribution in [2.75, 3.05) is 13.1 Å². The van der Waals surface area contributed by atoms with E-state index >= 15 is 0 Å². The minimum Gasteiger partial charge on any atom is -0.481 e. The fourth-order valence-corrected chi connectivity index (χ4v) is 3.88. The average Bonchev–Trinajstić information content (AvgIpc) is 2.92. The summed E-state index contributed by atoms with van der Waals surface area (Å²) in [5.74, 6) is -1.33. The number of carboxylic acid groups (broad SMARTS) is 2. The summed E-state index contributed by atoms with van der Waals surface area (Å²) in [5.41, 5.74) is 4.07. The molecule has 7 nitrogen and oxygen atoms in total. The maximum Gasteiger partial charge on any atom is 0.303 e. The summed E-state index contributed by atoms with van der Waals surface area (Å²) < 4.78 is 0. The van der Waals surface area contributed by atoms with E-state index in [0.29, 0.717) is 0 Å². The molecule has 0 saturated heterocycles. The van der Waals surface area contributed by atoms with Crippen LogP contribution in [-0.2, 0) is 28.2 Å². The van der Waals surface area contributed by atoms with Gasteiger partial charge in [-0.05, 0) is 54.8 Å². The summed E-state index contributed by atoms with van der Waals surface area (Å²) in [5, 5.41) is 20.9. The standard InChI is InChI=1S/C15H16ClN3S.C4H6O4/c16-14-3-2-11-4-8-17-9-5-12(11)13(14)10-20-15-18-6-1-7-19-15;5-3(6)1-2-4(7)8/h1-3,6-7,17H,4-5,8-10H2;1-2H2,(H,5,6)(H,7,8). The van der Waals surface area contributed by atoms with Gasteiger partial charge in [-0.1, -0.05) is 29.4 Å². The van der Waals surface area contributed by atoms with Crippen LogP contribution < -0.4 is 5.32 Å². The number of hydrogen-bond acceptors (Lipinski definition) is 6. The van der Waals surface area contributed by atoms with Gasteiger partial charge in [0.2, 0.25) is 0 Å². The molecule has 1 aromatic carbocycles. The van der Waals surface area contributed by atoms with Crippen molar-refractivity contribution in [3.05, 3.63) is 52.3 Å². The molecule has 150 valence electrons. The zero-order valence-corrected chi connectivity index (χ0v) is 16.8. The van der Waals surface area contributed by atoms with E-state index in [9.17, 15) is 9.59 Å². The SMILES string of the molecule is Clc1ccc2c(c1CSc1ncccn1)CCNCC2.O=C(O)CCC(=O)O. The number of fused-ring (bicyclic) bond motifs is 1. The highest BCUT2D eigenvalue weighted by atomic mass is 35.5. The van der Waals surface area contributed by atoms with Gasteiger partial charge in [0.1, 0.15) is 0 Å². The summed E-state index contributed by atoms with van der Waals surface area (Å²) in [6.45, 7) is 2.07. The largest absolute Gasteiger partial charge is 0.481 e. The van der Waals surface area contributed by atoms with E-state index in [1.807, 2.05) is 12.1 Å². The lowest BCUT2D eigenvalue weighted by molar-refractivity contribution is -0.143. The Labute approximate surface area is 172 Å². The third kappa shape index (κ3) is 7.46. The molecule has 2 heterocycles. The molecule has 1 aliphatic heterocycles. The van der Waals surface area contributed by atoms with Gasteiger partial charge < -0.3 is 15.5 Å². The van der Waals surface area contributed by atoms with E-state index in [-0.39, 0.29) is 12.8 Å². The number of halogens is 1. The van der Waals surface area contributed by atoms with Crippen LogP contribution in [0, 0.1) is 0 Å². The minimum atomic E-state index is -1.08. The van der Waals surface area contributed by atoms with Gasteiger partial charge in [-0.2, -0.15) is 0 Å². The second-order valence-electron chi connectivity index (χ2n) is 6.02. The van der Waals surface area contributed by atoms with Crippen molar-refractivity contribution in [3.8, 4) is 0 Å². The maximum absolute atomic E-state index is 9.64. The molecule has 0 fully saturated rings. The van der Waals surface area contributed by atoms with Crippen molar-refractivity contribution in [2.45, 2.75) is 36.6 Å². The van der Waals surface area contributed by atoms with E-state index < -0.39 is 11.9 Å². The number of rotatable bonds is 6. The van der Waals surface area contributed by atoms with Crippen LogP contribution in [-0.4, -0.2) is 45.2 Å². The highest BCUT2D eigenvalue weighted by Crippen LogP contribution is 2.30. The molecule has 3 rings (SSSR count). The van der Waals surface area contributed by atoms with E-state index in [2.05, 4.69) is 21.4 Å². The predicted molar refractivity (Wildman–Crippen MR) is 108 cm³/mol. The Hall–Kier alpha value is -2.16. The van der Waals surface area contributed by atoms with Crippen LogP contribution in [0.5, 0.6) is 0 Å². The van der Waals surface area contributed by atoms with Crippen molar-refractivity contribution < 1.29 is 19.8 Å². The summed E-state index contributed by atoms with van der Waals surface area (Å²) in [7, 11) is 0. The second-order valence-corrected chi connectivity index (χ2v) is 7.37. The van der Waals surface area contributed by atoms with Gasteiger partial charge in [0.25, 0.3) is 0 Å². The van der Waals surface area contributed by atoms with Gasteiger partial charge in [0.15, 0.2) is 5.16 Å². The van der Waals surface area contributed by atoms with Crippen molar-refractivity contribution in [3.63, 3.8) is 0 Å². The Morgan fingerprint density at radius 2 is 1.71 bits per heavy atom. The molecule has 0 saturated carbocycles. The first kappa shape index (κ1) is 22.1. The Balaban J connectivity index is 0.000000300. The van der Waals surface area contributed by atoms with Crippen LogP contribution in [0.3, 0.4) is 0 Å². The molecule has 0 unspecified atom stereocenters. The zero-order valence-electron chi connectivity index (χ0n) is 15.2. The van der Waals surface area contributed by atoms with Gasteiger partial charge in [-0.3, -0.25) is 9.59 Å². The minimum absolute atomic E-state index is 0.296. The number of hydrogen-bond donors (Lipinski definition) is 3. The molecule has 0 aliphatic carbocycles. The molecule has 28 heavy (non-hydrogen) atoms. The number of aliphatic carboxylic acids is 2. The Morgan fingerprint density at radius 1 is 1.07 bits per heavy atom. The summed E-state index contributed by atoms with van der Waals surface area (Å²) >= 11 is 8.05. The summed E-state index contributed by atoms with van der Waals surface area (Å²) in [6.07, 6.45) is 5.07. The molecule has 1 aromatic heterocycles. The van der Waals surface area contributed by atoms with E-state index in [4.69, 9.17) is 21.8 Å². The number of benzene rings is 1.